The summed E-state index contributed by atoms with van der Waals surface area (Å²) < 4.78 is 0. The average Bonchev–Trinajstić information content (AvgIpc) is 2.93. The molecule has 0 N–H and O–H groups in total. The molecule has 14 heavy (non-hydrogen) atoms. The smallest absolute Gasteiger partial charge is 0.222 e. The van der Waals surface area contributed by atoms with E-state index >= 15 is 0 Å². The summed E-state index contributed by atoms with van der Waals surface area (Å²) in [7, 11) is 2.13. The molecule has 2 aliphatic rings. The fourth-order valence-electron chi connectivity index (χ4n) is 1.97. The Morgan fingerprint density at radius 3 is 2.64 bits per heavy atom. The van der Waals surface area contributed by atoms with E-state index in [1.807, 2.05) is 4.90 Å². The van der Waals surface area contributed by atoms with Crippen LogP contribution in [0, 0.1) is 5.92 Å². The Bertz CT molecular complexity index is 225. The summed E-state index contributed by atoms with van der Waals surface area (Å²) in [5, 5.41) is 0. The summed E-state index contributed by atoms with van der Waals surface area (Å²) in [4.78, 5) is 16.2. The summed E-state index contributed by atoms with van der Waals surface area (Å²) in [5.41, 5.74) is 0. The molecule has 1 unspecified atom stereocenters. The van der Waals surface area contributed by atoms with E-state index in [1.165, 1.54) is 12.8 Å². The highest BCUT2D eigenvalue weighted by atomic mass is 16.2. The van der Waals surface area contributed by atoms with Gasteiger partial charge in [0.2, 0.25) is 5.91 Å². The van der Waals surface area contributed by atoms with Crippen LogP contribution in [0.2, 0.25) is 0 Å². The Morgan fingerprint density at radius 2 is 2.07 bits per heavy atom. The summed E-state index contributed by atoms with van der Waals surface area (Å²) in [6.45, 7) is 5.06. The zero-order valence-corrected chi connectivity index (χ0v) is 9.20. The summed E-state index contributed by atoms with van der Waals surface area (Å²) in [6, 6.07) is 0.520. The lowest BCUT2D eigenvalue weighted by Crippen LogP contribution is -2.52. The van der Waals surface area contributed by atoms with E-state index in [2.05, 4.69) is 18.9 Å². The van der Waals surface area contributed by atoms with Crippen LogP contribution < -0.4 is 0 Å². The van der Waals surface area contributed by atoms with Crippen LogP contribution in [-0.4, -0.2) is 48.4 Å². The molecule has 0 radical (unpaired) electrons. The Balaban J connectivity index is 1.82. The van der Waals surface area contributed by atoms with Crippen LogP contribution in [0.5, 0.6) is 0 Å². The first kappa shape index (κ1) is 9.97. The Kier molecular flexibility index (Phi) is 2.77. The number of piperazine rings is 1. The van der Waals surface area contributed by atoms with Crippen LogP contribution >= 0.6 is 0 Å². The van der Waals surface area contributed by atoms with Crippen LogP contribution in [0.4, 0.5) is 0 Å². The molecule has 0 aromatic heterocycles. The SMILES string of the molecule is CC1CN(C(=O)CC2CC2)CCN1C. The van der Waals surface area contributed by atoms with Crippen molar-refractivity contribution in [3.63, 3.8) is 0 Å². The number of amides is 1. The van der Waals surface area contributed by atoms with Crippen molar-refractivity contribution in [3.8, 4) is 0 Å². The molecule has 1 aliphatic heterocycles. The molecule has 3 heteroatoms. The van der Waals surface area contributed by atoms with Crippen molar-refractivity contribution >= 4 is 5.91 Å². The van der Waals surface area contributed by atoms with Crippen molar-refractivity contribution in [1.82, 2.24) is 9.80 Å². The highest BCUT2D eigenvalue weighted by molar-refractivity contribution is 5.76. The molecule has 1 atom stereocenters. The van der Waals surface area contributed by atoms with Gasteiger partial charge in [-0.1, -0.05) is 0 Å². The second-order valence-electron chi connectivity index (χ2n) is 4.82. The third-order valence-electron chi connectivity index (χ3n) is 3.47. The van der Waals surface area contributed by atoms with Gasteiger partial charge in [-0.2, -0.15) is 0 Å². The minimum atomic E-state index is 0.382. The predicted molar refractivity (Wildman–Crippen MR) is 56.0 cm³/mol. The Labute approximate surface area is 86.1 Å². The molecular formula is C11H20N2O. The van der Waals surface area contributed by atoms with Gasteiger partial charge in [-0.3, -0.25) is 4.79 Å². The van der Waals surface area contributed by atoms with E-state index in [0.29, 0.717) is 11.9 Å². The van der Waals surface area contributed by atoms with Crippen molar-refractivity contribution in [1.29, 1.82) is 0 Å². The zero-order chi connectivity index (χ0) is 10.1. The minimum absolute atomic E-state index is 0.382. The van der Waals surface area contributed by atoms with Gasteiger partial charge in [0, 0.05) is 32.1 Å². The molecule has 1 heterocycles. The molecule has 2 fully saturated rings. The topological polar surface area (TPSA) is 23.6 Å². The lowest BCUT2D eigenvalue weighted by atomic mass is 10.2. The standard InChI is InChI=1S/C11H20N2O/c1-9-8-13(6-5-12(9)2)11(14)7-10-3-4-10/h9-10H,3-8H2,1-2H3. The lowest BCUT2D eigenvalue weighted by molar-refractivity contribution is -0.134. The molecule has 3 nitrogen and oxygen atoms in total. The van der Waals surface area contributed by atoms with E-state index in [1.54, 1.807) is 0 Å². The van der Waals surface area contributed by atoms with Gasteiger partial charge >= 0.3 is 0 Å². The van der Waals surface area contributed by atoms with E-state index in [-0.39, 0.29) is 0 Å². The van der Waals surface area contributed by atoms with E-state index in [4.69, 9.17) is 0 Å². The van der Waals surface area contributed by atoms with Crippen LogP contribution in [0.1, 0.15) is 26.2 Å². The molecule has 0 bridgehead atoms. The van der Waals surface area contributed by atoms with Gasteiger partial charge in [-0.05, 0) is 32.7 Å². The van der Waals surface area contributed by atoms with Crippen LogP contribution in [0.25, 0.3) is 0 Å². The number of hydrogen-bond acceptors (Lipinski definition) is 2. The molecule has 0 aromatic carbocycles. The number of hydrogen-bond donors (Lipinski definition) is 0. The number of nitrogens with zero attached hydrogens (tertiary/aromatic N) is 2. The van der Waals surface area contributed by atoms with Crippen LogP contribution in [-0.2, 0) is 4.79 Å². The molecule has 2 rings (SSSR count). The average molecular weight is 196 g/mol. The van der Waals surface area contributed by atoms with Crippen LogP contribution in [0.15, 0.2) is 0 Å². The van der Waals surface area contributed by atoms with Crippen molar-refractivity contribution < 1.29 is 4.79 Å². The molecule has 0 spiro atoms. The molecule has 1 aliphatic carbocycles. The molecule has 0 aromatic rings. The van der Waals surface area contributed by atoms with Gasteiger partial charge in [-0.25, -0.2) is 0 Å². The van der Waals surface area contributed by atoms with Crippen molar-refractivity contribution in [2.75, 3.05) is 26.7 Å². The first-order valence-corrected chi connectivity index (χ1v) is 5.65. The monoisotopic (exact) mass is 196 g/mol. The van der Waals surface area contributed by atoms with Gasteiger partial charge in [0.1, 0.15) is 0 Å². The number of carbonyl (C=O) groups is 1. The lowest BCUT2D eigenvalue weighted by Gasteiger charge is -2.37. The molecule has 1 saturated carbocycles. The van der Waals surface area contributed by atoms with Gasteiger partial charge in [0.25, 0.3) is 0 Å². The largest absolute Gasteiger partial charge is 0.340 e. The van der Waals surface area contributed by atoms with Gasteiger partial charge in [-0.15, -0.1) is 0 Å². The third-order valence-corrected chi connectivity index (χ3v) is 3.47. The highest BCUT2D eigenvalue weighted by Crippen LogP contribution is 2.33. The number of likely N-dealkylation sites (N-methyl/N-ethyl adjacent to an activating group) is 1. The van der Waals surface area contributed by atoms with E-state index in [0.717, 1.165) is 32.0 Å². The Hall–Kier alpha value is -0.570. The minimum Gasteiger partial charge on any atom is -0.340 e. The molecule has 80 valence electrons. The quantitative estimate of drug-likeness (QED) is 0.656. The number of carbonyl (C=O) groups excluding carboxylic acids is 1. The van der Waals surface area contributed by atoms with E-state index < -0.39 is 0 Å². The Morgan fingerprint density at radius 1 is 1.36 bits per heavy atom. The van der Waals surface area contributed by atoms with Crippen molar-refractivity contribution in [2.45, 2.75) is 32.2 Å². The van der Waals surface area contributed by atoms with Crippen molar-refractivity contribution in [3.05, 3.63) is 0 Å². The predicted octanol–water partition coefficient (Wildman–Crippen LogP) is 0.949. The van der Waals surface area contributed by atoms with Gasteiger partial charge in [0.05, 0.1) is 0 Å². The summed E-state index contributed by atoms with van der Waals surface area (Å²) >= 11 is 0. The fourth-order valence-corrected chi connectivity index (χ4v) is 1.97. The maximum Gasteiger partial charge on any atom is 0.222 e. The van der Waals surface area contributed by atoms with Gasteiger partial charge < -0.3 is 9.80 Å². The first-order chi connectivity index (χ1) is 6.66. The first-order valence-electron chi connectivity index (χ1n) is 5.65. The molecular weight excluding hydrogens is 176 g/mol. The van der Waals surface area contributed by atoms with Gasteiger partial charge in [0.15, 0.2) is 0 Å². The zero-order valence-electron chi connectivity index (χ0n) is 9.20. The summed E-state index contributed by atoms with van der Waals surface area (Å²) in [5.74, 6) is 1.10. The fraction of sp³-hybridized carbons (Fsp3) is 0.909. The summed E-state index contributed by atoms with van der Waals surface area (Å²) in [6.07, 6.45) is 3.35. The molecule has 1 amide bonds. The highest BCUT2D eigenvalue weighted by Gasteiger charge is 2.29. The molecule has 1 saturated heterocycles. The second kappa shape index (κ2) is 3.89. The van der Waals surface area contributed by atoms with E-state index in [9.17, 15) is 4.79 Å². The second-order valence-corrected chi connectivity index (χ2v) is 4.82. The normalized spacial score (nSPS) is 29.3. The maximum absolute atomic E-state index is 11.8. The third kappa shape index (κ3) is 2.27. The van der Waals surface area contributed by atoms with Crippen molar-refractivity contribution in [2.24, 2.45) is 5.92 Å². The maximum atomic E-state index is 11.8. The van der Waals surface area contributed by atoms with Crippen LogP contribution in [0.3, 0.4) is 0 Å². The number of rotatable bonds is 2.